The molecule has 0 amide bonds. The van der Waals surface area contributed by atoms with Gasteiger partial charge in [0.25, 0.3) is 0 Å². The summed E-state index contributed by atoms with van der Waals surface area (Å²) < 4.78 is 45.7. The average molecular weight is 307 g/mol. The highest BCUT2D eigenvalue weighted by Crippen LogP contribution is 2.27. The van der Waals surface area contributed by atoms with Crippen LogP contribution in [0, 0.1) is 5.82 Å². The Bertz CT molecular complexity index is 774. The summed E-state index contributed by atoms with van der Waals surface area (Å²) in [7, 11) is -3.67. The van der Waals surface area contributed by atoms with Gasteiger partial charge in [-0.1, -0.05) is 18.2 Å². The lowest BCUT2D eigenvalue weighted by Gasteiger charge is -2.08. The van der Waals surface area contributed by atoms with Gasteiger partial charge < -0.3 is 4.74 Å². The Morgan fingerprint density at radius 2 is 2.00 bits per heavy atom. The van der Waals surface area contributed by atoms with Gasteiger partial charge >= 0.3 is 0 Å². The summed E-state index contributed by atoms with van der Waals surface area (Å²) in [5, 5.41) is 0. The van der Waals surface area contributed by atoms with Gasteiger partial charge in [0.05, 0.1) is 11.5 Å². The van der Waals surface area contributed by atoms with E-state index >= 15 is 0 Å². The summed E-state index contributed by atoms with van der Waals surface area (Å²) in [5.74, 6) is 0.297. The number of hydrogen-bond donors (Lipinski definition) is 1. The smallest absolute Gasteiger partial charge is 0.240 e. The molecule has 0 spiro atoms. The van der Waals surface area contributed by atoms with Crippen LogP contribution in [0.1, 0.15) is 11.1 Å². The molecule has 21 heavy (non-hydrogen) atoms. The van der Waals surface area contributed by atoms with E-state index in [1.54, 1.807) is 30.3 Å². The molecule has 6 heteroatoms. The van der Waals surface area contributed by atoms with E-state index < -0.39 is 15.8 Å². The molecule has 110 valence electrons. The molecule has 0 saturated carbocycles. The summed E-state index contributed by atoms with van der Waals surface area (Å²) in [6.07, 6.45) is 0.700. The zero-order valence-electron chi connectivity index (χ0n) is 11.2. The lowest BCUT2D eigenvalue weighted by atomic mass is 10.2. The van der Waals surface area contributed by atoms with E-state index in [-0.39, 0.29) is 11.4 Å². The van der Waals surface area contributed by atoms with Crippen LogP contribution in [0.25, 0.3) is 0 Å². The Kier molecular flexibility index (Phi) is 3.65. The monoisotopic (exact) mass is 307 g/mol. The van der Waals surface area contributed by atoms with Crippen LogP contribution in [0.4, 0.5) is 4.39 Å². The van der Waals surface area contributed by atoms with Crippen LogP contribution in [0.3, 0.4) is 0 Å². The van der Waals surface area contributed by atoms with Gasteiger partial charge in [0.1, 0.15) is 11.6 Å². The van der Waals surface area contributed by atoms with Crippen molar-refractivity contribution in [3.63, 3.8) is 0 Å². The highest BCUT2D eigenvalue weighted by Gasteiger charge is 2.19. The number of halogens is 1. The third-order valence-electron chi connectivity index (χ3n) is 3.38. The molecule has 4 nitrogen and oxygen atoms in total. The van der Waals surface area contributed by atoms with Crippen molar-refractivity contribution in [3.8, 4) is 5.75 Å². The minimum Gasteiger partial charge on any atom is -0.493 e. The van der Waals surface area contributed by atoms with Crippen LogP contribution in [0.2, 0.25) is 0 Å². The number of sulfonamides is 1. The predicted molar refractivity (Wildman–Crippen MR) is 76.1 cm³/mol. The summed E-state index contributed by atoms with van der Waals surface area (Å²) in [4.78, 5) is 0.170. The zero-order chi connectivity index (χ0) is 14.9. The van der Waals surface area contributed by atoms with Crippen molar-refractivity contribution < 1.29 is 17.5 Å². The Morgan fingerprint density at radius 1 is 1.19 bits per heavy atom. The number of rotatable bonds is 4. The standard InChI is InChI=1S/C15H14FNO3S/c16-14-4-2-1-3-12(14)10-17-21(18,19)13-5-6-15-11(9-13)7-8-20-15/h1-6,9,17H,7-8,10H2. The number of hydrogen-bond acceptors (Lipinski definition) is 3. The maximum atomic E-state index is 13.5. The Balaban J connectivity index is 1.80. The van der Waals surface area contributed by atoms with E-state index in [2.05, 4.69) is 4.72 Å². The van der Waals surface area contributed by atoms with E-state index in [4.69, 9.17) is 4.74 Å². The first kappa shape index (κ1) is 14.0. The molecule has 0 saturated heterocycles. The number of nitrogens with one attached hydrogen (secondary N) is 1. The maximum Gasteiger partial charge on any atom is 0.240 e. The first-order valence-electron chi connectivity index (χ1n) is 6.55. The van der Waals surface area contributed by atoms with E-state index in [0.29, 0.717) is 18.6 Å². The van der Waals surface area contributed by atoms with Crippen LogP contribution >= 0.6 is 0 Å². The minimum absolute atomic E-state index is 0.0808. The first-order chi connectivity index (χ1) is 10.1. The molecule has 0 bridgehead atoms. The molecule has 0 radical (unpaired) electrons. The molecule has 1 N–H and O–H groups in total. The van der Waals surface area contributed by atoms with Crippen LogP contribution in [0.15, 0.2) is 47.4 Å². The fourth-order valence-corrected chi connectivity index (χ4v) is 3.28. The second-order valence-corrected chi connectivity index (χ2v) is 6.55. The Labute approximate surface area is 122 Å². The molecule has 3 rings (SSSR count). The van der Waals surface area contributed by atoms with Gasteiger partial charge in [-0.15, -0.1) is 0 Å². The highest BCUT2D eigenvalue weighted by atomic mass is 32.2. The molecule has 0 unspecified atom stereocenters. The zero-order valence-corrected chi connectivity index (χ0v) is 12.0. The summed E-state index contributed by atoms with van der Waals surface area (Å²) in [6, 6.07) is 10.8. The highest BCUT2D eigenvalue weighted by molar-refractivity contribution is 7.89. The van der Waals surface area contributed by atoms with Crippen molar-refractivity contribution in [1.29, 1.82) is 0 Å². The van der Waals surface area contributed by atoms with E-state index in [9.17, 15) is 12.8 Å². The first-order valence-corrected chi connectivity index (χ1v) is 8.03. The fourth-order valence-electron chi connectivity index (χ4n) is 2.23. The molecule has 2 aromatic rings. The molecule has 1 heterocycles. The van der Waals surface area contributed by atoms with Crippen LogP contribution in [-0.4, -0.2) is 15.0 Å². The normalized spacial score (nSPS) is 13.8. The van der Waals surface area contributed by atoms with Crippen molar-refractivity contribution in [2.45, 2.75) is 17.9 Å². The van der Waals surface area contributed by atoms with Crippen LogP contribution < -0.4 is 9.46 Å². The number of benzene rings is 2. The molecule has 0 aliphatic carbocycles. The third-order valence-corrected chi connectivity index (χ3v) is 4.78. The summed E-state index contributed by atoms with van der Waals surface area (Å²) in [5.41, 5.74) is 1.19. The molecular weight excluding hydrogens is 293 g/mol. The van der Waals surface area contributed by atoms with Crippen LogP contribution in [-0.2, 0) is 23.0 Å². The molecule has 0 aromatic heterocycles. The van der Waals surface area contributed by atoms with Gasteiger partial charge in [-0.25, -0.2) is 17.5 Å². The molecule has 0 atom stereocenters. The molecule has 1 aliphatic heterocycles. The predicted octanol–water partition coefficient (Wildman–Crippen LogP) is 2.24. The van der Waals surface area contributed by atoms with Crippen molar-refractivity contribution in [2.24, 2.45) is 0 Å². The quantitative estimate of drug-likeness (QED) is 0.942. The topological polar surface area (TPSA) is 55.4 Å². The summed E-state index contributed by atoms with van der Waals surface area (Å²) in [6.45, 7) is 0.490. The summed E-state index contributed by atoms with van der Waals surface area (Å²) >= 11 is 0. The maximum absolute atomic E-state index is 13.5. The second kappa shape index (κ2) is 5.46. The van der Waals surface area contributed by atoms with Gasteiger partial charge in [-0.3, -0.25) is 0 Å². The minimum atomic E-state index is -3.67. The molecule has 1 aliphatic rings. The van der Waals surface area contributed by atoms with Gasteiger partial charge in [0, 0.05) is 18.5 Å². The lowest BCUT2D eigenvalue weighted by Crippen LogP contribution is -2.23. The number of fused-ring (bicyclic) bond motifs is 1. The van der Waals surface area contributed by atoms with Gasteiger partial charge in [0.2, 0.25) is 10.0 Å². The van der Waals surface area contributed by atoms with E-state index in [1.807, 2.05) is 0 Å². The fraction of sp³-hybridized carbons (Fsp3) is 0.200. The van der Waals surface area contributed by atoms with Crippen molar-refractivity contribution in [3.05, 3.63) is 59.4 Å². The lowest BCUT2D eigenvalue weighted by molar-refractivity contribution is 0.356. The molecule has 2 aromatic carbocycles. The Hall–Kier alpha value is -1.92. The number of ether oxygens (including phenoxy) is 1. The van der Waals surface area contributed by atoms with Gasteiger partial charge in [-0.05, 0) is 29.8 Å². The largest absolute Gasteiger partial charge is 0.493 e. The molecular formula is C15H14FNO3S. The average Bonchev–Trinajstić information content (AvgIpc) is 2.94. The Morgan fingerprint density at radius 3 is 2.81 bits per heavy atom. The van der Waals surface area contributed by atoms with Gasteiger partial charge in [-0.2, -0.15) is 0 Å². The van der Waals surface area contributed by atoms with E-state index in [1.165, 1.54) is 12.1 Å². The van der Waals surface area contributed by atoms with E-state index in [0.717, 1.165) is 11.3 Å². The van der Waals surface area contributed by atoms with Crippen molar-refractivity contribution in [1.82, 2.24) is 4.72 Å². The van der Waals surface area contributed by atoms with Crippen LogP contribution in [0.5, 0.6) is 5.75 Å². The van der Waals surface area contributed by atoms with Crippen molar-refractivity contribution in [2.75, 3.05) is 6.61 Å². The van der Waals surface area contributed by atoms with Crippen molar-refractivity contribution >= 4 is 10.0 Å². The molecule has 0 fully saturated rings. The third kappa shape index (κ3) is 2.91. The SMILES string of the molecule is O=S(=O)(NCc1ccccc1F)c1ccc2c(c1)CCO2. The van der Waals surface area contributed by atoms with Gasteiger partial charge in [0.15, 0.2) is 0 Å². The second-order valence-electron chi connectivity index (χ2n) is 4.78.